The Labute approximate surface area is 146 Å². The number of benzene rings is 2. The molecule has 2 unspecified atom stereocenters. The Hall–Kier alpha value is -2.78. The van der Waals surface area contributed by atoms with Crippen molar-refractivity contribution < 1.29 is 4.42 Å². The van der Waals surface area contributed by atoms with E-state index in [2.05, 4.69) is 72.4 Å². The second kappa shape index (κ2) is 5.64. The van der Waals surface area contributed by atoms with Crippen LogP contribution in [0.25, 0.3) is 27.6 Å². The van der Waals surface area contributed by atoms with E-state index in [1.165, 1.54) is 5.57 Å². The highest BCUT2D eigenvalue weighted by molar-refractivity contribution is 6.08. The SMILES string of the molecule is CC1C=CC=C(C2C=C(c3cccc4c3oc3ccccc34)NN2)C1. The highest BCUT2D eigenvalue weighted by Crippen LogP contribution is 2.34. The van der Waals surface area contributed by atoms with Crippen molar-refractivity contribution in [1.82, 2.24) is 10.9 Å². The second-order valence-corrected chi connectivity index (χ2v) is 6.92. The zero-order valence-corrected chi connectivity index (χ0v) is 14.1. The van der Waals surface area contributed by atoms with E-state index >= 15 is 0 Å². The lowest BCUT2D eigenvalue weighted by molar-refractivity contribution is 0.591. The van der Waals surface area contributed by atoms with Crippen molar-refractivity contribution in [3.05, 3.63) is 77.9 Å². The van der Waals surface area contributed by atoms with Crippen molar-refractivity contribution in [3.63, 3.8) is 0 Å². The molecule has 0 radical (unpaired) electrons. The first kappa shape index (κ1) is 14.6. The smallest absolute Gasteiger partial charge is 0.144 e. The van der Waals surface area contributed by atoms with Crippen LogP contribution in [0.1, 0.15) is 18.9 Å². The van der Waals surface area contributed by atoms with E-state index in [1.807, 2.05) is 12.1 Å². The number of hydrogen-bond acceptors (Lipinski definition) is 3. The molecular weight excluding hydrogens is 308 g/mol. The van der Waals surface area contributed by atoms with Crippen molar-refractivity contribution in [3.8, 4) is 0 Å². The molecule has 124 valence electrons. The van der Waals surface area contributed by atoms with Crippen molar-refractivity contribution in [1.29, 1.82) is 0 Å². The molecule has 25 heavy (non-hydrogen) atoms. The molecule has 5 rings (SSSR count). The van der Waals surface area contributed by atoms with Crippen LogP contribution in [0.4, 0.5) is 0 Å². The van der Waals surface area contributed by atoms with Gasteiger partial charge in [0.05, 0.1) is 11.7 Å². The second-order valence-electron chi connectivity index (χ2n) is 6.92. The van der Waals surface area contributed by atoms with Crippen LogP contribution in [-0.2, 0) is 0 Å². The lowest BCUT2D eigenvalue weighted by atomic mass is 9.91. The average Bonchev–Trinajstić information content (AvgIpc) is 3.26. The predicted molar refractivity (Wildman–Crippen MR) is 103 cm³/mol. The molecule has 2 atom stereocenters. The van der Waals surface area contributed by atoms with Gasteiger partial charge < -0.3 is 9.84 Å². The number of para-hydroxylation sites is 2. The molecule has 2 aromatic carbocycles. The van der Waals surface area contributed by atoms with Gasteiger partial charge in [0.15, 0.2) is 0 Å². The predicted octanol–water partition coefficient (Wildman–Crippen LogP) is 4.93. The molecule has 1 aromatic heterocycles. The zero-order chi connectivity index (χ0) is 16.8. The third kappa shape index (κ3) is 2.39. The Bertz CT molecular complexity index is 1050. The van der Waals surface area contributed by atoms with Crippen LogP contribution in [-0.4, -0.2) is 6.04 Å². The van der Waals surface area contributed by atoms with Crippen LogP contribution in [0.2, 0.25) is 0 Å². The van der Waals surface area contributed by atoms with Gasteiger partial charge in [0.1, 0.15) is 11.2 Å². The summed E-state index contributed by atoms with van der Waals surface area (Å²) in [4.78, 5) is 0. The number of nitrogens with one attached hydrogen (secondary N) is 2. The number of fused-ring (bicyclic) bond motifs is 3. The van der Waals surface area contributed by atoms with Gasteiger partial charge in [-0.05, 0) is 36.1 Å². The first-order chi connectivity index (χ1) is 12.3. The molecule has 1 aliphatic carbocycles. The van der Waals surface area contributed by atoms with Crippen LogP contribution in [0, 0.1) is 5.92 Å². The molecule has 2 aliphatic rings. The summed E-state index contributed by atoms with van der Waals surface area (Å²) in [5.41, 5.74) is 12.2. The van der Waals surface area contributed by atoms with E-state index in [-0.39, 0.29) is 6.04 Å². The largest absolute Gasteiger partial charge is 0.455 e. The summed E-state index contributed by atoms with van der Waals surface area (Å²) in [5, 5.41) is 2.32. The Morgan fingerprint density at radius 1 is 1.04 bits per heavy atom. The summed E-state index contributed by atoms with van der Waals surface area (Å²) in [6.07, 6.45) is 10.00. The third-order valence-corrected chi connectivity index (χ3v) is 5.10. The van der Waals surface area contributed by atoms with Gasteiger partial charge in [-0.15, -0.1) is 0 Å². The highest BCUT2D eigenvalue weighted by atomic mass is 16.3. The molecule has 0 bridgehead atoms. The van der Waals surface area contributed by atoms with E-state index in [0.717, 1.165) is 39.6 Å². The first-order valence-corrected chi connectivity index (χ1v) is 8.81. The molecule has 2 heterocycles. The Morgan fingerprint density at radius 2 is 1.92 bits per heavy atom. The maximum absolute atomic E-state index is 6.16. The molecule has 2 N–H and O–H groups in total. The van der Waals surface area contributed by atoms with E-state index in [4.69, 9.17) is 4.42 Å². The number of allylic oxidation sites excluding steroid dienone is 3. The fourth-order valence-corrected chi connectivity index (χ4v) is 3.83. The molecule has 0 amide bonds. The van der Waals surface area contributed by atoms with Crippen molar-refractivity contribution in [2.75, 3.05) is 0 Å². The minimum Gasteiger partial charge on any atom is -0.455 e. The normalized spacial score (nSPS) is 22.9. The van der Waals surface area contributed by atoms with Crippen molar-refractivity contribution in [2.45, 2.75) is 19.4 Å². The number of rotatable bonds is 2. The lowest BCUT2D eigenvalue weighted by Crippen LogP contribution is -2.33. The number of hydrazine groups is 1. The maximum atomic E-state index is 6.16. The van der Waals surface area contributed by atoms with Crippen LogP contribution in [0.15, 0.2) is 76.8 Å². The van der Waals surface area contributed by atoms with Gasteiger partial charge in [-0.3, -0.25) is 0 Å². The molecular formula is C22H20N2O. The minimum absolute atomic E-state index is 0.224. The van der Waals surface area contributed by atoms with Crippen molar-refractivity contribution in [2.24, 2.45) is 5.92 Å². The van der Waals surface area contributed by atoms with Gasteiger partial charge in [-0.25, -0.2) is 5.43 Å². The molecule has 0 fully saturated rings. The summed E-state index contributed by atoms with van der Waals surface area (Å²) in [6.45, 7) is 2.26. The van der Waals surface area contributed by atoms with Crippen LogP contribution in [0.3, 0.4) is 0 Å². The van der Waals surface area contributed by atoms with Gasteiger partial charge in [-0.2, -0.15) is 0 Å². The molecule has 3 nitrogen and oxygen atoms in total. The van der Waals surface area contributed by atoms with Crippen LogP contribution in [0.5, 0.6) is 0 Å². The maximum Gasteiger partial charge on any atom is 0.144 e. The summed E-state index contributed by atoms with van der Waals surface area (Å²) in [7, 11) is 0. The molecule has 1 aliphatic heterocycles. The topological polar surface area (TPSA) is 37.2 Å². The van der Waals surface area contributed by atoms with E-state index in [0.29, 0.717) is 5.92 Å². The fraction of sp³-hybridized carbons (Fsp3) is 0.182. The van der Waals surface area contributed by atoms with Gasteiger partial charge >= 0.3 is 0 Å². The first-order valence-electron chi connectivity index (χ1n) is 8.81. The van der Waals surface area contributed by atoms with Gasteiger partial charge in [0.2, 0.25) is 0 Å². The molecule has 0 saturated heterocycles. The van der Waals surface area contributed by atoms with Crippen LogP contribution >= 0.6 is 0 Å². The molecule has 3 aromatic rings. The average molecular weight is 328 g/mol. The number of hydrogen-bond donors (Lipinski definition) is 2. The van der Waals surface area contributed by atoms with Crippen LogP contribution < -0.4 is 10.9 Å². The quantitative estimate of drug-likeness (QED) is 0.701. The lowest BCUT2D eigenvalue weighted by Gasteiger charge is -2.18. The summed E-state index contributed by atoms with van der Waals surface area (Å²) in [5.74, 6) is 0.595. The summed E-state index contributed by atoms with van der Waals surface area (Å²) >= 11 is 0. The summed E-state index contributed by atoms with van der Waals surface area (Å²) in [6, 6.07) is 14.8. The highest BCUT2D eigenvalue weighted by Gasteiger charge is 2.23. The molecule has 3 heteroatoms. The Morgan fingerprint density at radius 3 is 2.84 bits per heavy atom. The zero-order valence-electron chi connectivity index (χ0n) is 14.1. The monoisotopic (exact) mass is 328 g/mol. The number of furan rings is 1. The Kier molecular flexibility index (Phi) is 3.28. The van der Waals surface area contributed by atoms with E-state index in [1.54, 1.807) is 0 Å². The molecule has 0 spiro atoms. The van der Waals surface area contributed by atoms with Gasteiger partial charge in [0.25, 0.3) is 0 Å². The van der Waals surface area contributed by atoms with Crippen molar-refractivity contribution >= 4 is 27.6 Å². The Balaban J connectivity index is 1.58. The molecule has 0 saturated carbocycles. The minimum atomic E-state index is 0.224. The third-order valence-electron chi connectivity index (χ3n) is 5.10. The van der Waals surface area contributed by atoms with Gasteiger partial charge in [0, 0.05) is 16.3 Å². The summed E-state index contributed by atoms with van der Waals surface area (Å²) < 4.78 is 6.16. The van der Waals surface area contributed by atoms with Gasteiger partial charge in [-0.1, -0.05) is 55.5 Å². The standard InChI is InChI=1S/C22H20N2O/c1-14-6-4-7-15(12-14)19-13-20(24-23-19)18-10-5-9-17-16-8-2-3-11-21(16)25-22(17)18/h2-11,13-14,19,23-24H,12H2,1H3. The van der Waals surface area contributed by atoms with E-state index in [9.17, 15) is 0 Å². The van der Waals surface area contributed by atoms with E-state index < -0.39 is 0 Å². The fourth-order valence-electron chi connectivity index (χ4n) is 3.83.